The molecule has 8 heteroatoms. The summed E-state index contributed by atoms with van der Waals surface area (Å²) in [5.41, 5.74) is 23.4. The van der Waals surface area contributed by atoms with Gasteiger partial charge in [0.25, 0.3) is 5.70 Å². The minimum Gasteiger partial charge on any atom is -0.462 e. The van der Waals surface area contributed by atoms with E-state index in [0.717, 1.165) is 30.7 Å². The highest BCUT2D eigenvalue weighted by atomic mass is 16.5. The zero-order valence-electron chi connectivity index (χ0n) is 71.4. The van der Waals surface area contributed by atoms with E-state index in [1.807, 2.05) is 62.7 Å². The van der Waals surface area contributed by atoms with Crippen LogP contribution in [0, 0.1) is 59.5 Å². The molecule has 4 heterocycles. The molecule has 580 valence electrons. The predicted octanol–water partition coefficient (Wildman–Crippen LogP) is 28.3. The molecule has 4 aliphatic rings. The molecule has 0 amide bonds. The minimum absolute atomic E-state index is 0.0286. The van der Waals surface area contributed by atoms with E-state index in [0.29, 0.717) is 28.9 Å². The maximum atomic E-state index is 9.37. The average Bonchev–Trinajstić information content (AvgIpc) is 0.776. The van der Waals surface area contributed by atoms with Crippen LogP contribution in [-0.4, -0.2) is 37.6 Å². The number of hydrogen-bond donors (Lipinski definition) is 0. The molecule has 8 nitrogen and oxygen atoms in total. The van der Waals surface area contributed by atoms with Crippen LogP contribution in [-0.2, 0) is 31.1 Å². The number of hydrogen-bond acceptors (Lipinski definition) is 6. The highest BCUT2D eigenvalue weighted by Crippen LogP contribution is 2.55. The Labute approximate surface area is 681 Å². The minimum atomic E-state index is -0.744. The van der Waals surface area contributed by atoms with E-state index in [9.17, 15) is 5.26 Å². The van der Waals surface area contributed by atoms with Gasteiger partial charge < -0.3 is 19.3 Å². The summed E-state index contributed by atoms with van der Waals surface area (Å²) < 4.78 is 11.8. The fraction of sp³-hybridized carbons (Fsp3) is 0.321. The molecule has 1 fully saturated rings. The van der Waals surface area contributed by atoms with Crippen LogP contribution in [0.25, 0.3) is 92.6 Å². The SMILES string of the molecule is CC(C)(C)c1ccc(-c2c3ccc(C(C)(C)C)cc3c(-c3ccccc3)c3c(-c4ccc(C(C)(C)C)cc4)c4ccc(C(C)(C)C)cc4c(-c4ccccc4)c23)cc1.[C-]#[N+]/C(C#N)=C1/C=C(C)OC(/C=C/c2ccc(N(C)C)c(C)c2)=C1.[C-]#[N+]C(C#N)C1C=C(/C=C/C=C/C2=C3C(=C)CC(C)N3CCC2(C)C)OC(C(C)(C)C)=C1. The normalized spacial score (nSPS) is 17.2. The summed E-state index contributed by atoms with van der Waals surface area (Å²) in [4.78, 5) is 11.3. The average molecular weight is 1500 g/mol. The highest BCUT2D eigenvalue weighted by Gasteiger charge is 2.39. The second-order valence-electron chi connectivity index (χ2n) is 37.1. The molecule has 0 aliphatic carbocycles. The predicted molar refractivity (Wildman–Crippen MR) is 482 cm³/mol. The molecule has 3 atom stereocenters. The van der Waals surface area contributed by atoms with Gasteiger partial charge in [-0.25, -0.2) is 16.7 Å². The van der Waals surface area contributed by atoms with Crippen LogP contribution in [0.2, 0.25) is 0 Å². The Kier molecular flexibility index (Phi) is 24.2. The molecule has 0 radical (unpaired) electrons. The van der Waals surface area contributed by atoms with E-state index < -0.39 is 6.04 Å². The van der Waals surface area contributed by atoms with Crippen LogP contribution >= 0.6 is 0 Å². The number of allylic oxidation sites excluding steroid dienone is 13. The molecule has 0 bridgehead atoms. The van der Waals surface area contributed by atoms with Crippen LogP contribution in [0.15, 0.2) is 276 Å². The van der Waals surface area contributed by atoms with Gasteiger partial charge in [-0.3, -0.25) is 4.85 Å². The first-order valence-corrected chi connectivity index (χ1v) is 40.1. The molecule has 0 N–H and O–H groups in total. The van der Waals surface area contributed by atoms with E-state index in [-0.39, 0.29) is 44.1 Å². The van der Waals surface area contributed by atoms with Gasteiger partial charge in [0.1, 0.15) is 23.0 Å². The Morgan fingerprint density at radius 2 is 1.04 bits per heavy atom. The number of anilines is 1. The first-order chi connectivity index (χ1) is 53.7. The molecule has 3 unspecified atom stereocenters. The van der Waals surface area contributed by atoms with Crippen LogP contribution in [0.4, 0.5) is 5.69 Å². The maximum absolute atomic E-state index is 9.37. The number of ether oxygens (including phenoxy) is 2. The van der Waals surface area contributed by atoms with Gasteiger partial charge in [0.15, 0.2) is 6.07 Å². The van der Waals surface area contributed by atoms with Gasteiger partial charge >= 0.3 is 6.04 Å². The van der Waals surface area contributed by atoms with Crippen molar-refractivity contribution >= 4 is 44.1 Å². The number of rotatable bonds is 11. The standard InChI is InChI=1S/C58H60.C28H35N3O.C20H19N3O/c1-55(2,3)41-27-23-39(24-28-41)49-45-33-31-43(57(7,8)9)35-47(45)52(38-21-17-14-18-22-38)54-50(40-25-29-42(30-26-40)56(4,5)6)46-34-32-44(58(10,11)12)36-48(46)51(53(49)54)37-19-15-13-16-20-37;1-19-15-20(2)31-14-13-28(6,7)23(26(19)31)12-10-9-11-22-16-21(24(18-29)30-8)17-25(32-22)27(3,4)5;1-14-10-16(7-9-20(14)23(4)5)6-8-18-12-17(11-15(2)24-18)19(13-21)22-3/h13-36H,1-12H3;9-12,16-17,20-21,24H,1,13-15H2,2-7H3;6-12H,1-2,4-5H3/b;11-9+,12-10+;8-6+,19-17-. The van der Waals surface area contributed by atoms with Crippen molar-refractivity contribution in [3.8, 4) is 56.6 Å². The van der Waals surface area contributed by atoms with Crippen molar-refractivity contribution in [3.05, 3.63) is 332 Å². The van der Waals surface area contributed by atoms with E-state index >= 15 is 0 Å². The van der Waals surface area contributed by atoms with Gasteiger partial charge in [0.2, 0.25) is 0 Å². The van der Waals surface area contributed by atoms with Crippen molar-refractivity contribution in [1.29, 1.82) is 10.5 Å². The Bertz CT molecular complexity index is 5450. The summed E-state index contributed by atoms with van der Waals surface area (Å²) in [6.07, 6.45) is 21.3. The Morgan fingerprint density at radius 1 is 0.561 bits per heavy atom. The maximum Gasteiger partial charge on any atom is 0.316 e. The van der Waals surface area contributed by atoms with Gasteiger partial charge in [-0.1, -0.05) is 288 Å². The smallest absolute Gasteiger partial charge is 0.316 e. The lowest BCUT2D eigenvalue weighted by molar-refractivity contribution is 0.214. The molecule has 114 heavy (non-hydrogen) atoms. The summed E-state index contributed by atoms with van der Waals surface area (Å²) in [5, 5.41) is 26.1. The first kappa shape index (κ1) is 83.3. The van der Waals surface area contributed by atoms with Gasteiger partial charge in [0, 0.05) is 43.5 Å². The second-order valence-corrected chi connectivity index (χ2v) is 37.1. The number of nitrogens with zero attached hydrogens (tertiary/aromatic N) is 6. The summed E-state index contributed by atoms with van der Waals surface area (Å²) in [7, 11) is 4.04. The summed E-state index contributed by atoms with van der Waals surface area (Å²) in [6, 6.07) is 66.0. The number of aryl methyl sites for hydroxylation is 1. The molecule has 1 saturated heterocycles. The first-order valence-electron chi connectivity index (χ1n) is 40.1. The largest absolute Gasteiger partial charge is 0.462 e. The van der Waals surface area contributed by atoms with Crippen molar-refractivity contribution in [1.82, 2.24) is 4.90 Å². The number of fused-ring (bicyclic) bond motifs is 4. The van der Waals surface area contributed by atoms with Gasteiger partial charge in [-0.15, -0.1) is 0 Å². The summed E-state index contributed by atoms with van der Waals surface area (Å²) >= 11 is 0. The molecule has 9 aromatic rings. The van der Waals surface area contributed by atoms with Crippen molar-refractivity contribution in [3.63, 3.8) is 0 Å². The topological polar surface area (TPSA) is 81.2 Å². The van der Waals surface area contributed by atoms with E-state index in [1.165, 1.54) is 127 Å². The molecular weight excluding hydrogens is 1390 g/mol. The lowest BCUT2D eigenvalue weighted by Gasteiger charge is -2.40. The third kappa shape index (κ3) is 18.2. The van der Waals surface area contributed by atoms with Crippen LogP contribution < -0.4 is 4.90 Å². The van der Waals surface area contributed by atoms with E-state index in [4.69, 9.17) is 27.9 Å². The molecule has 13 rings (SSSR count). The van der Waals surface area contributed by atoms with Gasteiger partial charge in [-0.05, 0) is 248 Å². The fourth-order valence-corrected chi connectivity index (χ4v) is 15.9. The molecular formula is C106H114N6O2. The summed E-state index contributed by atoms with van der Waals surface area (Å²) in [6.45, 7) is 64.6. The third-order valence-corrected chi connectivity index (χ3v) is 22.5. The van der Waals surface area contributed by atoms with E-state index in [2.05, 4.69) is 334 Å². The van der Waals surface area contributed by atoms with Crippen molar-refractivity contribution in [2.75, 3.05) is 25.5 Å². The molecule has 9 aromatic carbocycles. The lowest BCUT2D eigenvalue weighted by atomic mass is 9.75. The molecule has 4 aliphatic heterocycles. The quantitative estimate of drug-likeness (QED) is 0.0555. The third-order valence-electron chi connectivity index (χ3n) is 22.5. The van der Waals surface area contributed by atoms with E-state index in [1.54, 1.807) is 19.1 Å². The Balaban J connectivity index is 0.000000191. The Morgan fingerprint density at radius 3 is 1.49 bits per heavy atom. The summed E-state index contributed by atoms with van der Waals surface area (Å²) in [5.74, 6) is 2.46. The van der Waals surface area contributed by atoms with Crippen molar-refractivity contribution in [2.24, 2.45) is 16.7 Å². The van der Waals surface area contributed by atoms with Crippen LogP contribution in [0.1, 0.15) is 178 Å². The number of nitriles is 2. The highest BCUT2D eigenvalue weighted by molar-refractivity contribution is 6.34. The second kappa shape index (κ2) is 33.2. The zero-order valence-corrected chi connectivity index (χ0v) is 71.4. The van der Waals surface area contributed by atoms with Gasteiger partial charge in [0.05, 0.1) is 18.6 Å². The molecule has 0 saturated carbocycles. The number of benzene rings is 9. The van der Waals surface area contributed by atoms with Crippen LogP contribution in [0.5, 0.6) is 0 Å². The van der Waals surface area contributed by atoms with Gasteiger partial charge in [-0.2, -0.15) is 5.26 Å². The van der Waals surface area contributed by atoms with Crippen molar-refractivity contribution in [2.45, 2.75) is 185 Å². The molecule has 0 spiro atoms. The Hall–Kier alpha value is -11.7. The lowest BCUT2D eigenvalue weighted by Crippen LogP contribution is -2.36. The van der Waals surface area contributed by atoms with Crippen molar-refractivity contribution < 1.29 is 9.47 Å². The van der Waals surface area contributed by atoms with Crippen LogP contribution in [0.3, 0.4) is 0 Å². The monoisotopic (exact) mass is 1500 g/mol. The molecule has 0 aromatic heterocycles. The fourth-order valence-electron chi connectivity index (χ4n) is 15.9. The zero-order chi connectivity index (χ0) is 82.7.